The van der Waals surface area contributed by atoms with Crippen LogP contribution < -0.4 is 5.32 Å². The van der Waals surface area contributed by atoms with Gasteiger partial charge in [-0.15, -0.1) is 0 Å². The molecule has 1 atom stereocenters. The molecule has 1 fully saturated rings. The first-order valence-corrected chi connectivity index (χ1v) is 9.16. The summed E-state index contributed by atoms with van der Waals surface area (Å²) in [5.41, 5.74) is 0. The molecule has 20 heavy (non-hydrogen) atoms. The van der Waals surface area contributed by atoms with Crippen molar-refractivity contribution in [2.45, 2.75) is 91.1 Å². The fourth-order valence-electron chi connectivity index (χ4n) is 3.45. The molecule has 0 saturated heterocycles. The molecule has 120 valence electrons. The summed E-state index contributed by atoms with van der Waals surface area (Å²) < 4.78 is 0. The number of hydrogen-bond donors (Lipinski definition) is 1. The van der Waals surface area contributed by atoms with E-state index in [-0.39, 0.29) is 0 Å². The molecule has 1 rings (SSSR count). The van der Waals surface area contributed by atoms with E-state index in [1.807, 2.05) is 0 Å². The highest BCUT2D eigenvalue weighted by molar-refractivity contribution is 4.84. The highest BCUT2D eigenvalue weighted by Gasteiger charge is 2.26. The average molecular weight is 283 g/mol. The maximum atomic E-state index is 3.85. The van der Waals surface area contributed by atoms with Gasteiger partial charge in [-0.3, -0.25) is 4.90 Å². The summed E-state index contributed by atoms with van der Waals surface area (Å²) in [4.78, 5) is 2.71. The van der Waals surface area contributed by atoms with Crippen LogP contribution in [0.3, 0.4) is 0 Å². The molecule has 2 nitrogen and oxygen atoms in total. The summed E-state index contributed by atoms with van der Waals surface area (Å²) in [7, 11) is 0. The van der Waals surface area contributed by atoms with Gasteiger partial charge in [-0.2, -0.15) is 0 Å². The summed E-state index contributed by atoms with van der Waals surface area (Å²) in [5, 5.41) is 3.85. The van der Waals surface area contributed by atoms with E-state index in [4.69, 9.17) is 0 Å². The minimum Gasteiger partial charge on any atom is -0.312 e. The van der Waals surface area contributed by atoms with E-state index >= 15 is 0 Å². The Morgan fingerprint density at radius 3 is 2.30 bits per heavy atom. The minimum atomic E-state index is 0.680. The van der Waals surface area contributed by atoms with E-state index in [0.29, 0.717) is 6.04 Å². The van der Waals surface area contributed by atoms with E-state index in [1.165, 1.54) is 71.0 Å². The number of nitrogens with one attached hydrogen (secondary N) is 1. The van der Waals surface area contributed by atoms with E-state index in [1.54, 1.807) is 0 Å². The van der Waals surface area contributed by atoms with Crippen molar-refractivity contribution in [1.29, 1.82) is 0 Å². The fraction of sp³-hybridized carbons (Fsp3) is 1.00. The molecule has 0 aromatic rings. The lowest BCUT2D eigenvalue weighted by molar-refractivity contribution is 0.170. The lowest BCUT2D eigenvalue weighted by Crippen LogP contribution is -2.47. The molecule has 0 amide bonds. The summed E-state index contributed by atoms with van der Waals surface area (Å²) in [5.74, 6) is 0.925. The molecule has 0 heterocycles. The Morgan fingerprint density at radius 1 is 1.05 bits per heavy atom. The van der Waals surface area contributed by atoms with Crippen LogP contribution in [0.4, 0.5) is 0 Å². The van der Waals surface area contributed by atoms with Crippen molar-refractivity contribution in [3.05, 3.63) is 0 Å². The Labute approximate surface area is 127 Å². The first-order valence-electron chi connectivity index (χ1n) is 9.16. The predicted molar refractivity (Wildman–Crippen MR) is 90.3 cm³/mol. The van der Waals surface area contributed by atoms with Gasteiger partial charge in [-0.1, -0.05) is 39.5 Å². The lowest BCUT2D eigenvalue weighted by atomic mass is 9.96. The number of hydrogen-bond acceptors (Lipinski definition) is 2. The minimum absolute atomic E-state index is 0.680. The van der Waals surface area contributed by atoms with Crippen LogP contribution in [0.2, 0.25) is 0 Å². The summed E-state index contributed by atoms with van der Waals surface area (Å²) >= 11 is 0. The Balaban J connectivity index is 2.48. The topological polar surface area (TPSA) is 15.3 Å². The zero-order chi connectivity index (χ0) is 14.8. The van der Waals surface area contributed by atoms with Gasteiger partial charge >= 0.3 is 0 Å². The SMILES string of the molecule is CCCCCN(CC(NCCC)C1CCCC1)C(C)C. The second kappa shape index (κ2) is 10.6. The quantitative estimate of drug-likeness (QED) is 0.563. The van der Waals surface area contributed by atoms with E-state index in [2.05, 4.69) is 37.9 Å². The van der Waals surface area contributed by atoms with Crippen LogP contribution in [0.15, 0.2) is 0 Å². The van der Waals surface area contributed by atoms with Crippen molar-refractivity contribution < 1.29 is 0 Å². The first-order chi connectivity index (χ1) is 9.69. The lowest BCUT2D eigenvalue weighted by Gasteiger charge is -2.34. The zero-order valence-corrected chi connectivity index (χ0v) is 14.5. The van der Waals surface area contributed by atoms with Crippen LogP contribution in [-0.4, -0.2) is 36.6 Å². The van der Waals surface area contributed by atoms with Crippen LogP contribution >= 0.6 is 0 Å². The number of rotatable bonds is 11. The van der Waals surface area contributed by atoms with Crippen molar-refractivity contribution in [1.82, 2.24) is 10.2 Å². The van der Waals surface area contributed by atoms with Gasteiger partial charge in [0.25, 0.3) is 0 Å². The van der Waals surface area contributed by atoms with Gasteiger partial charge in [-0.05, 0) is 58.5 Å². The van der Waals surface area contributed by atoms with Crippen LogP contribution in [0, 0.1) is 5.92 Å². The van der Waals surface area contributed by atoms with Crippen LogP contribution in [0.1, 0.15) is 79.1 Å². The third kappa shape index (κ3) is 6.58. The summed E-state index contributed by atoms with van der Waals surface area (Å²) in [6.07, 6.45) is 11.1. The van der Waals surface area contributed by atoms with Gasteiger partial charge in [0, 0.05) is 18.6 Å². The predicted octanol–water partition coefficient (Wildman–Crippen LogP) is 4.45. The Bertz CT molecular complexity index is 221. The Morgan fingerprint density at radius 2 is 1.75 bits per heavy atom. The molecule has 0 spiro atoms. The largest absolute Gasteiger partial charge is 0.312 e. The molecular formula is C18H38N2. The smallest absolute Gasteiger partial charge is 0.0223 e. The molecule has 0 aliphatic heterocycles. The zero-order valence-electron chi connectivity index (χ0n) is 14.5. The van der Waals surface area contributed by atoms with E-state index in [9.17, 15) is 0 Å². The molecule has 0 aromatic carbocycles. The molecule has 1 saturated carbocycles. The maximum Gasteiger partial charge on any atom is 0.0223 e. The first kappa shape index (κ1) is 18.0. The van der Waals surface area contributed by atoms with Crippen molar-refractivity contribution in [2.24, 2.45) is 5.92 Å². The van der Waals surface area contributed by atoms with Gasteiger partial charge in [0.05, 0.1) is 0 Å². The molecule has 0 aromatic heterocycles. The van der Waals surface area contributed by atoms with Crippen molar-refractivity contribution in [3.8, 4) is 0 Å². The highest BCUT2D eigenvalue weighted by atomic mass is 15.2. The summed E-state index contributed by atoms with van der Waals surface area (Å²) in [6.45, 7) is 13.0. The molecule has 2 heteroatoms. The second-order valence-corrected chi connectivity index (χ2v) is 6.90. The molecule has 1 aliphatic carbocycles. The van der Waals surface area contributed by atoms with Gasteiger partial charge in [-0.25, -0.2) is 0 Å². The maximum absolute atomic E-state index is 3.85. The van der Waals surface area contributed by atoms with E-state index < -0.39 is 0 Å². The monoisotopic (exact) mass is 282 g/mol. The average Bonchev–Trinajstić information content (AvgIpc) is 2.95. The van der Waals surface area contributed by atoms with Crippen LogP contribution in [0.25, 0.3) is 0 Å². The third-order valence-electron chi connectivity index (χ3n) is 4.84. The molecule has 1 aliphatic rings. The van der Waals surface area contributed by atoms with Gasteiger partial charge < -0.3 is 5.32 Å². The van der Waals surface area contributed by atoms with Crippen molar-refractivity contribution >= 4 is 0 Å². The highest BCUT2D eigenvalue weighted by Crippen LogP contribution is 2.28. The molecule has 0 radical (unpaired) electrons. The second-order valence-electron chi connectivity index (χ2n) is 6.90. The number of nitrogens with zero attached hydrogens (tertiary/aromatic N) is 1. The molecule has 1 unspecified atom stereocenters. The van der Waals surface area contributed by atoms with Gasteiger partial charge in [0.2, 0.25) is 0 Å². The molecular weight excluding hydrogens is 244 g/mol. The third-order valence-corrected chi connectivity index (χ3v) is 4.84. The Kier molecular flexibility index (Phi) is 9.54. The van der Waals surface area contributed by atoms with Crippen molar-refractivity contribution in [3.63, 3.8) is 0 Å². The van der Waals surface area contributed by atoms with E-state index in [0.717, 1.165) is 12.0 Å². The summed E-state index contributed by atoms with van der Waals surface area (Å²) in [6, 6.07) is 1.40. The standard InChI is InChI=1S/C18H38N2/c1-5-7-10-14-20(16(3)4)15-18(19-13-6-2)17-11-8-9-12-17/h16-19H,5-15H2,1-4H3. The Hall–Kier alpha value is -0.0800. The number of unbranched alkanes of at least 4 members (excludes halogenated alkanes) is 2. The molecule has 1 N–H and O–H groups in total. The normalized spacial score (nSPS) is 18.3. The molecule has 0 bridgehead atoms. The van der Waals surface area contributed by atoms with Crippen LogP contribution in [0.5, 0.6) is 0 Å². The van der Waals surface area contributed by atoms with Gasteiger partial charge in [0.1, 0.15) is 0 Å². The fourth-order valence-corrected chi connectivity index (χ4v) is 3.45. The van der Waals surface area contributed by atoms with Gasteiger partial charge in [0.15, 0.2) is 0 Å². The van der Waals surface area contributed by atoms with Crippen molar-refractivity contribution in [2.75, 3.05) is 19.6 Å². The van der Waals surface area contributed by atoms with Crippen LogP contribution in [-0.2, 0) is 0 Å².